The first-order valence-electron chi connectivity index (χ1n) is 8.46. The van der Waals surface area contributed by atoms with Crippen molar-refractivity contribution in [2.24, 2.45) is 0 Å². The lowest BCUT2D eigenvalue weighted by molar-refractivity contribution is 0.221. The Kier molecular flexibility index (Phi) is 3.86. The zero-order valence-electron chi connectivity index (χ0n) is 15.3. The van der Waals surface area contributed by atoms with Crippen LogP contribution in [-0.2, 0) is 5.41 Å². The van der Waals surface area contributed by atoms with Crippen LogP contribution in [0.3, 0.4) is 0 Å². The minimum Gasteiger partial charge on any atom is -0.496 e. The van der Waals surface area contributed by atoms with Crippen molar-refractivity contribution in [3.8, 4) is 17.2 Å². The van der Waals surface area contributed by atoms with Crippen molar-refractivity contribution in [1.82, 2.24) is 0 Å². The van der Waals surface area contributed by atoms with Crippen LogP contribution in [-0.4, -0.2) is 20.3 Å². The summed E-state index contributed by atoms with van der Waals surface area (Å²) in [5, 5.41) is 0. The number of fused-ring (bicyclic) bond motifs is 5. The van der Waals surface area contributed by atoms with E-state index in [1.54, 1.807) is 14.2 Å². The van der Waals surface area contributed by atoms with Crippen molar-refractivity contribution in [3.63, 3.8) is 0 Å². The van der Waals surface area contributed by atoms with Gasteiger partial charge in [0.15, 0.2) is 11.5 Å². The molecular formula is C20H28O3. The molecule has 0 heterocycles. The van der Waals surface area contributed by atoms with Gasteiger partial charge in [0.05, 0.1) is 20.3 Å². The van der Waals surface area contributed by atoms with Crippen LogP contribution in [0.15, 0.2) is 12.2 Å². The number of hydrogen-bond donors (Lipinski definition) is 0. The normalized spacial score (nSPS) is 21.7. The van der Waals surface area contributed by atoms with Crippen LogP contribution >= 0.6 is 0 Å². The number of allylic oxidation sites excluding steroid dienone is 2. The van der Waals surface area contributed by atoms with E-state index < -0.39 is 0 Å². The second-order valence-corrected chi connectivity index (χ2v) is 7.85. The van der Waals surface area contributed by atoms with E-state index in [1.807, 2.05) is 0 Å². The van der Waals surface area contributed by atoms with E-state index >= 15 is 0 Å². The largest absolute Gasteiger partial charge is 0.496 e. The van der Waals surface area contributed by atoms with Gasteiger partial charge in [-0.25, -0.2) is 0 Å². The predicted octanol–water partition coefficient (Wildman–Crippen LogP) is 4.93. The molecule has 1 aromatic rings. The van der Waals surface area contributed by atoms with Gasteiger partial charge in [0, 0.05) is 28.5 Å². The highest BCUT2D eigenvalue weighted by atomic mass is 16.5. The van der Waals surface area contributed by atoms with Crippen molar-refractivity contribution in [2.45, 2.75) is 64.4 Å². The Morgan fingerprint density at radius 3 is 1.87 bits per heavy atom. The van der Waals surface area contributed by atoms with Gasteiger partial charge in [0.25, 0.3) is 0 Å². The van der Waals surface area contributed by atoms with E-state index in [0.29, 0.717) is 11.8 Å². The number of ether oxygens (including phenoxy) is 3. The van der Waals surface area contributed by atoms with Gasteiger partial charge in [-0.2, -0.15) is 0 Å². The molecule has 0 aromatic heterocycles. The van der Waals surface area contributed by atoms with Crippen molar-refractivity contribution in [1.29, 1.82) is 0 Å². The highest BCUT2D eigenvalue weighted by Crippen LogP contribution is 2.61. The van der Waals surface area contributed by atoms with Gasteiger partial charge in [0.2, 0.25) is 0 Å². The third-order valence-electron chi connectivity index (χ3n) is 4.78. The molecule has 3 heteroatoms. The minimum absolute atomic E-state index is 0.0851. The van der Waals surface area contributed by atoms with E-state index in [0.717, 1.165) is 29.2 Å². The molecule has 0 fully saturated rings. The molecule has 3 nitrogen and oxygen atoms in total. The van der Waals surface area contributed by atoms with Gasteiger partial charge < -0.3 is 14.2 Å². The minimum atomic E-state index is -0.0938. The first-order chi connectivity index (χ1) is 10.8. The molecule has 2 unspecified atom stereocenters. The zero-order chi connectivity index (χ0) is 16.9. The van der Waals surface area contributed by atoms with Gasteiger partial charge in [-0.1, -0.05) is 32.9 Å². The molecule has 1 aromatic carbocycles. The fourth-order valence-electron chi connectivity index (χ4n) is 4.03. The lowest BCUT2D eigenvalue weighted by atomic mass is 9.80. The van der Waals surface area contributed by atoms with Crippen molar-refractivity contribution in [3.05, 3.63) is 28.8 Å². The Balaban J connectivity index is 2.37. The Morgan fingerprint density at radius 2 is 1.43 bits per heavy atom. The molecule has 0 spiro atoms. The van der Waals surface area contributed by atoms with Crippen LogP contribution in [0.2, 0.25) is 0 Å². The third kappa shape index (κ3) is 2.41. The highest BCUT2D eigenvalue weighted by Gasteiger charge is 2.43. The van der Waals surface area contributed by atoms with Crippen LogP contribution in [0.5, 0.6) is 17.2 Å². The molecule has 2 aliphatic rings. The molecule has 0 amide bonds. The number of rotatable bonds is 4. The Hall–Kier alpha value is -1.64. The molecule has 0 saturated heterocycles. The Morgan fingerprint density at radius 1 is 0.913 bits per heavy atom. The summed E-state index contributed by atoms with van der Waals surface area (Å²) < 4.78 is 18.0. The molecule has 2 bridgehead atoms. The van der Waals surface area contributed by atoms with E-state index in [9.17, 15) is 0 Å². The molecule has 3 rings (SSSR count). The summed E-state index contributed by atoms with van der Waals surface area (Å²) in [4.78, 5) is 0. The van der Waals surface area contributed by atoms with Crippen LogP contribution in [0.1, 0.15) is 69.6 Å². The molecule has 126 valence electrons. The molecule has 0 saturated carbocycles. The van der Waals surface area contributed by atoms with Crippen LogP contribution in [0, 0.1) is 0 Å². The van der Waals surface area contributed by atoms with Crippen molar-refractivity contribution >= 4 is 0 Å². The number of hydrogen-bond acceptors (Lipinski definition) is 3. The summed E-state index contributed by atoms with van der Waals surface area (Å²) in [6.45, 7) is 10.7. The lowest BCUT2D eigenvalue weighted by Gasteiger charge is -2.31. The Bertz CT molecular complexity index is 650. The molecule has 23 heavy (non-hydrogen) atoms. The quantitative estimate of drug-likeness (QED) is 0.737. The fourth-order valence-corrected chi connectivity index (χ4v) is 4.03. The summed E-state index contributed by atoms with van der Waals surface area (Å²) in [5.74, 6) is 3.60. The van der Waals surface area contributed by atoms with E-state index in [4.69, 9.17) is 14.2 Å². The molecule has 2 aliphatic carbocycles. The second kappa shape index (κ2) is 5.47. The monoisotopic (exact) mass is 316 g/mol. The fraction of sp³-hybridized carbons (Fsp3) is 0.600. The van der Waals surface area contributed by atoms with Crippen molar-refractivity contribution < 1.29 is 14.2 Å². The van der Waals surface area contributed by atoms with Gasteiger partial charge in [-0.3, -0.25) is 0 Å². The molecule has 0 N–H and O–H groups in total. The summed E-state index contributed by atoms with van der Waals surface area (Å²) in [6, 6.07) is 0. The topological polar surface area (TPSA) is 27.7 Å². The standard InChI is InChI=1S/C20H28O3/c1-11(2)23-19-16(20(3,4)5)17(21-6)14-12-8-9-13(10-12)15(14)18(19)22-7/h8-9,11-13H,10H2,1-7H3. The average Bonchev–Trinajstić information content (AvgIpc) is 3.05. The van der Waals surface area contributed by atoms with Crippen molar-refractivity contribution in [2.75, 3.05) is 14.2 Å². The maximum atomic E-state index is 6.24. The Labute approximate surface area is 139 Å². The number of benzene rings is 1. The van der Waals surface area contributed by atoms with Crippen LogP contribution in [0.4, 0.5) is 0 Å². The molecular weight excluding hydrogens is 288 g/mol. The van der Waals surface area contributed by atoms with Gasteiger partial charge in [-0.15, -0.1) is 0 Å². The average molecular weight is 316 g/mol. The van der Waals surface area contributed by atoms with E-state index in [1.165, 1.54) is 11.1 Å². The third-order valence-corrected chi connectivity index (χ3v) is 4.78. The van der Waals surface area contributed by atoms with Gasteiger partial charge >= 0.3 is 0 Å². The molecule has 2 atom stereocenters. The smallest absolute Gasteiger partial charge is 0.169 e. The SMILES string of the molecule is COc1c(OC(C)C)c(C(C)(C)C)c(OC)c2c1C1C=CC2C1. The highest BCUT2D eigenvalue weighted by molar-refractivity contribution is 5.71. The maximum Gasteiger partial charge on any atom is 0.169 e. The van der Waals surface area contributed by atoms with Gasteiger partial charge in [0.1, 0.15) is 5.75 Å². The maximum absolute atomic E-state index is 6.24. The summed E-state index contributed by atoms with van der Waals surface area (Å²) in [6.07, 6.45) is 5.81. The zero-order valence-corrected chi connectivity index (χ0v) is 15.3. The summed E-state index contributed by atoms with van der Waals surface area (Å²) >= 11 is 0. The lowest BCUT2D eigenvalue weighted by Crippen LogP contribution is -2.20. The van der Waals surface area contributed by atoms with Gasteiger partial charge in [-0.05, 0) is 25.7 Å². The van der Waals surface area contributed by atoms with E-state index in [-0.39, 0.29) is 11.5 Å². The predicted molar refractivity (Wildman–Crippen MR) is 93.2 cm³/mol. The molecule has 0 radical (unpaired) electrons. The van der Waals surface area contributed by atoms with Crippen LogP contribution in [0.25, 0.3) is 0 Å². The second-order valence-electron chi connectivity index (χ2n) is 7.85. The van der Waals surface area contributed by atoms with Crippen LogP contribution < -0.4 is 14.2 Å². The molecule has 0 aliphatic heterocycles. The summed E-state index contributed by atoms with van der Waals surface area (Å²) in [5.41, 5.74) is 3.59. The first kappa shape index (κ1) is 16.2. The first-order valence-corrected chi connectivity index (χ1v) is 8.46. The number of methoxy groups -OCH3 is 2. The summed E-state index contributed by atoms with van der Waals surface area (Å²) in [7, 11) is 3.52. The van der Waals surface area contributed by atoms with E-state index in [2.05, 4.69) is 46.8 Å².